The van der Waals surface area contributed by atoms with E-state index in [9.17, 15) is 19.5 Å². The van der Waals surface area contributed by atoms with Gasteiger partial charge in [-0.25, -0.2) is 14.2 Å². The molecule has 2 bridgehead atoms. The highest BCUT2D eigenvalue weighted by Gasteiger charge is 2.55. The summed E-state index contributed by atoms with van der Waals surface area (Å²) in [6, 6.07) is 7.52. The van der Waals surface area contributed by atoms with E-state index in [0.29, 0.717) is 21.1 Å². The first-order valence-electron chi connectivity index (χ1n) is 14.1. The highest BCUT2D eigenvalue weighted by Crippen LogP contribution is 2.43. The van der Waals surface area contributed by atoms with Gasteiger partial charge >= 0.3 is 11.7 Å². The number of ether oxygens (including phenoxy) is 3. The molecule has 4 aromatic rings. The van der Waals surface area contributed by atoms with E-state index < -0.39 is 28.9 Å². The van der Waals surface area contributed by atoms with Crippen LogP contribution in [0.3, 0.4) is 0 Å². The highest BCUT2D eigenvalue weighted by atomic mass is 32.1. The molecule has 2 aliphatic heterocycles. The molecule has 3 aliphatic rings. The SMILES string of the molecule is COc1ccccc1[C@H](Cn1c(=O)n(C2(C(=O)O)CC2)c(=O)c2c(C)c(-n3nccn3)sc21)O[C@@H]1C[C@H]2CC[C@@H](C1)O2. The quantitative estimate of drug-likeness (QED) is 0.310. The molecule has 0 radical (unpaired) electrons. The smallest absolute Gasteiger partial charge is 0.333 e. The summed E-state index contributed by atoms with van der Waals surface area (Å²) in [5.41, 5.74) is -1.52. The second-order valence-electron chi connectivity index (χ2n) is 11.3. The predicted octanol–water partition coefficient (Wildman–Crippen LogP) is 3.16. The number of aliphatic carboxylic acids is 1. The first kappa shape index (κ1) is 27.0. The Morgan fingerprint density at radius 2 is 1.86 bits per heavy atom. The van der Waals surface area contributed by atoms with E-state index in [0.717, 1.165) is 35.8 Å². The third-order valence-electron chi connectivity index (χ3n) is 8.78. The van der Waals surface area contributed by atoms with Crippen molar-refractivity contribution in [3.63, 3.8) is 0 Å². The minimum absolute atomic E-state index is 0.0459. The number of aryl methyl sites for hydroxylation is 1. The lowest BCUT2D eigenvalue weighted by atomic mass is 10.0. The van der Waals surface area contributed by atoms with Gasteiger partial charge in [-0.05, 0) is 51.5 Å². The lowest BCUT2D eigenvalue weighted by molar-refractivity contribution is -0.142. The van der Waals surface area contributed by atoms with Gasteiger partial charge in [-0.15, -0.1) is 4.80 Å². The third-order valence-corrected chi connectivity index (χ3v) is 10.1. The maximum atomic E-state index is 14.3. The second kappa shape index (κ2) is 10.2. The minimum atomic E-state index is -1.57. The van der Waals surface area contributed by atoms with Crippen LogP contribution in [0.2, 0.25) is 0 Å². The van der Waals surface area contributed by atoms with Gasteiger partial charge < -0.3 is 19.3 Å². The van der Waals surface area contributed by atoms with Crippen LogP contribution in [0, 0.1) is 6.92 Å². The van der Waals surface area contributed by atoms with Crippen LogP contribution in [0.15, 0.2) is 46.2 Å². The topological polar surface area (TPSA) is 140 Å². The lowest BCUT2D eigenvalue weighted by Gasteiger charge is -2.32. The molecule has 0 unspecified atom stereocenters. The molecule has 0 spiro atoms. The number of hydrogen-bond donors (Lipinski definition) is 1. The average molecular weight is 594 g/mol. The number of thiophene rings is 1. The fourth-order valence-corrected chi connectivity index (χ4v) is 7.72. The zero-order valence-corrected chi connectivity index (χ0v) is 24.1. The van der Waals surface area contributed by atoms with Crippen molar-refractivity contribution < 1.29 is 24.1 Å². The number of methoxy groups -OCH3 is 1. The molecule has 1 aromatic carbocycles. The summed E-state index contributed by atoms with van der Waals surface area (Å²) in [6.07, 6.45) is 6.58. The summed E-state index contributed by atoms with van der Waals surface area (Å²) in [5, 5.41) is 19.4. The van der Waals surface area contributed by atoms with Crippen molar-refractivity contribution in [2.24, 2.45) is 0 Å². The standard InChI is InChI=1S/C29H31N5O7S/c1-16-23-24(35)33(29(9-10-29)27(36)37)28(38)32(26(23)42-25(16)34-30-11-12-31-34)15-22(20-5-3-4-6-21(20)39-2)41-19-13-17-7-8-18(14-19)40-17/h3-6,11-12,17-19,22H,7-10,13-15H2,1-2H3,(H,36,37)/t17-,18+,19-,22-/m0/s1. The van der Waals surface area contributed by atoms with E-state index in [-0.39, 0.29) is 43.1 Å². The molecule has 1 N–H and O–H groups in total. The summed E-state index contributed by atoms with van der Waals surface area (Å²) in [7, 11) is 1.59. The molecule has 220 valence electrons. The maximum absolute atomic E-state index is 14.3. The molecule has 2 saturated heterocycles. The molecule has 12 nitrogen and oxygen atoms in total. The molecule has 1 aliphatic carbocycles. The Hall–Kier alpha value is -3.81. The molecular weight excluding hydrogens is 562 g/mol. The highest BCUT2D eigenvalue weighted by molar-refractivity contribution is 7.21. The van der Waals surface area contributed by atoms with Gasteiger partial charge in [0.1, 0.15) is 27.2 Å². The predicted molar refractivity (Wildman–Crippen MR) is 153 cm³/mol. The van der Waals surface area contributed by atoms with Crippen molar-refractivity contribution in [3.05, 3.63) is 68.6 Å². The Labute approximate surface area is 244 Å². The molecule has 0 amide bonds. The number of carbonyl (C=O) groups is 1. The van der Waals surface area contributed by atoms with E-state index in [2.05, 4.69) is 10.2 Å². The van der Waals surface area contributed by atoms with Crippen LogP contribution in [0.5, 0.6) is 5.75 Å². The average Bonchev–Trinajstić information content (AvgIpc) is 3.27. The van der Waals surface area contributed by atoms with Crippen molar-refractivity contribution in [2.75, 3.05) is 7.11 Å². The van der Waals surface area contributed by atoms with Crippen LogP contribution in [0.1, 0.15) is 55.8 Å². The number of hydrogen-bond acceptors (Lipinski definition) is 9. The van der Waals surface area contributed by atoms with Gasteiger partial charge in [0, 0.05) is 11.1 Å². The number of nitrogens with zero attached hydrogens (tertiary/aromatic N) is 5. The summed E-state index contributed by atoms with van der Waals surface area (Å²) in [6.45, 7) is 1.81. The van der Waals surface area contributed by atoms with E-state index >= 15 is 0 Å². The normalized spacial score (nSPS) is 23.2. The fraction of sp³-hybridized carbons (Fsp3) is 0.483. The van der Waals surface area contributed by atoms with Crippen molar-refractivity contribution in [2.45, 2.75) is 81.9 Å². The summed E-state index contributed by atoms with van der Waals surface area (Å²) in [5.74, 6) is -0.576. The van der Waals surface area contributed by atoms with E-state index in [4.69, 9.17) is 14.2 Å². The van der Waals surface area contributed by atoms with Gasteiger partial charge in [0.2, 0.25) is 0 Å². The zero-order valence-electron chi connectivity index (χ0n) is 23.3. The van der Waals surface area contributed by atoms with Gasteiger partial charge in [-0.3, -0.25) is 9.36 Å². The molecular formula is C29H31N5O7S. The van der Waals surface area contributed by atoms with E-state index in [1.54, 1.807) is 14.0 Å². The van der Waals surface area contributed by atoms with Crippen LogP contribution >= 0.6 is 11.3 Å². The van der Waals surface area contributed by atoms with Crippen LogP contribution in [0.4, 0.5) is 0 Å². The minimum Gasteiger partial charge on any atom is -0.496 e. The number of benzene rings is 1. The first-order chi connectivity index (χ1) is 20.3. The van der Waals surface area contributed by atoms with E-state index in [1.807, 2.05) is 24.3 Å². The zero-order chi connectivity index (χ0) is 29.2. The number of rotatable bonds is 9. The summed E-state index contributed by atoms with van der Waals surface area (Å²) >= 11 is 1.22. The lowest BCUT2D eigenvalue weighted by Crippen LogP contribution is -2.49. The Morgan fingerprint density at radius 3 is 2.50 bits per heavy atom. The molecule has 4 atom stereocenters. The summed E-state index contributed by atoms with van der Waals surface area (Å²) < 4.78 is 20.9. The fourth-order valence-electron chi connectivity index (χ4n) is 6.50. The van der Waals surface area contributed by atoms with Crippen LogP contribution < -0.4 is 16.0 Å². The Bertz CT molecular complexity index is 1780. The monoisotopic (exact) mass is 593 g/mol. The van der Waals surface area contributed by atoms with E-state index in [1.165, 1.54) is 33.1 Å². The number of carboxylic acid groups (broad SMARTS) is 1. The molecule has 7 rings (SSSR count). The van der Waals surface area contributed by atoms with Crippen molar-refractivity contribution in [1.29, 1.82) is 0 Å². The third kappa shape index (κ3) is 4.29. The first-order valence-corrected chi connectivity index (χ1v) is 15.0. The molecule has 1 saturated carbocycles. The molecule has 13 heteroatoms. The second-order valence-corrected chi connectivity index (χ2v) is 12.3. The van der Waals surface area contributed by atoms with Crippen LogP contribution in [0.25, 0.3) is 15.2 Å². The molecule has 5 heterocycles. The summed E-state index contributed by atoms with van der Waals surface area (Å²) in [4.78, 5) is 42.4. The van der Waals surface area contributed by atoms with Gasteiger partial charge in [0.05, 0.1) is 49.7 Å². The van der Waals surface area contributed by atoms with Gasteiger partial charge in [0.15, 0.2) is 0 Å². The molecule has 3 aromatic heterocycles. The Balaban J connectivity index is 1.41. The van der Waals surface area contributed by atoms with Crippen molar-refractivity contribution in [1.82, 2.24) is 24.1 Å². The van der Waals surface area contributed by atoms with Crippen molar-refractivity contribution in [3.8, 4) is 10.8 Å². The number of para-hydroxylation sites is 1. The Kier molecular flexibility index (Phi) is 6.55. The van der Waals surface area contributed by atoms with Crippen molar-refractivity contribution >= 4 is 27.5 Å². The van der Waals surface area contributed by atoms with Crippen LogP contribution in [-0.2, 0) is 26.4 Å². The van der Waals surface area contributed by atoms with Gasteiger partial charge in [-0.2, -0.15) is 10.2 Å². The number of aromatic nitrogens is 5. The largest absolute Gasteiger partial charge is 0.496 e. The molecule has 3 fully saturated rings. The van der Waals surface area contributed by atoms with Gasteiger partial charge in [-0.1, -0.05) is 29.5 Å². The number of fused-ring (bicyclic) bond motifs is 3. The van der Waals surface area contributed by atoms with Gasteiger partial charge in [0.25, 0.3) is 5.56 Å². The molecule has 42 heavy (non-hydrogen) atoms. The maximum Gasteiger partial charge on any atom is 0.333 e. The Morgan fingerprint density at radius 1 is 1.17 bits per heavy atom. The van der Waals surface area contributed by atoms with Crippen LogP contribution in [-0.4, -0.2) is 60.6 Å². The number of carboxylic acids is 1.